The van der Waals surface area contributed by atoms with Gasteiger partial charge in [0, 0.05) is 56.3 Å². The highest BCUT2D eigenvalue weighted by molar-refractivity contribution is 5.97. The predicted molar refractivity (Wildman–Crippen MR) is 179 cm³/mol. The zero-order valence-corrected chi connectivity index (χ0v) is 31.3. The molecule has 6 heterocycles. The number of hydrogen-bond acceptors (Lipinski definition) is 9. The number of halogens is 9. The molecule has 21 heteroatoms. The molecular weight excluding hydrogens is 777 g/mol. The maximum Gasteiger partial charge on any atom is 0.270 e. The van der Waals surface area contributed by atoms with Gasteiger partial charge in [-0.25, -0.2) is 68.5 Å². The molecule has 3 saturated carbocycles. The molecule has 0 N–H and O–H groups in total. The van der Waals surface area contributed by atoms with Crippen molar-refractivity contribution in [3.63, 3.8) is 0 Å². The Morgan fingerprint density at radius 3 is 0.912 bits per heavy atom. The summed E-state index contributed by atoms with van der Waals surface area (Å²) in [7, 11) is 0. The first-order valence-corrected chi connectivity index (χ1v) is 19.4. The molecule has 12 nitrogen and oxygen atoms in total. The minimum absolute atomic E-state index is 0.105. The summed E-state index contributed by atoms with van der Waals surface area (Å²) in [5.41, 5.74) is 0. The first-order valence-electron chi connectivity index (χ1n) is 19.4. The molecule has 0 unspecified atom stereocenters. The van der Waals surface area contributed by atoms with Gasteiger partial charge in [0.25, 0.3) is 17.8 Å². The summed E-state index contributed by atoms with van der Waals surface area (Å²) in [5.74, 6) is -11.0. The maximum absolute atomic E-state index is 13.8. The zero-order chi connectivity index (χ0) is 41.4. The number of Topliss-reactive ketones (excluding diaryl/α,β-unsaturated/α-hetero) is 3. The minimum atomic E-state index is -3.04. The van der Waals surface area contributed by atoms with Gasteiger partial charge in [-0.15, -0.1) is 15.3 Å². The standard InChI is InChI=1S/3C12H14F3N3O/c3*1-2-12(14,15)8-5-7(13)11-16-10(17-18(8)11)9(19)6-3-4-6/h3*6-8H,2-5H2,1H3/t3*7-,8-/m100/s1. The number of alkyl halides is 9. The van der Waals surface area contributed by atoms with Gasteiger partial charge in [-0.1, -0.05) is 20.8 Å². The van der Waals surface area contributed by atoms with Gasteiger partial charge in [0.05, 0.1) is 0 Å². The van der Waals surface area contributed by atoms with Crippen LogP contribution in [0.15, 0.2) is 0 Å². The summed E-state index contributed by atoms with van der Waals surface area (Å²) >= 11 is 0. The second-order valence-corrected chi connectivity index (χ2v) is 15.6. The van der Waals surface area contributed by atoms with E-state index in [4.69, 9.17) is 0 Å². The largest absolute Gasteiger partial charge is 0.290 e. The summed E-state index contributed by atoms with van der Waals surface area (Å²) in [5, 5.41) is 11.5. The van der Waals surface area contributed by atoms with Gasteiger partial charge in [-0.3, -0.25) is 14.4 Å². The van der Waals surface area contributed by atoms with E-state index in [-0.39, 0.29) is 89.3 Å². The molecule has 6 atom stereocenters. The fraction of sp³-hybridized carbons (Fsp3) is 0.750. The van der Waals surface area contributed by atoms with Crippen LogP contribution in [0.3, 0.4) is 0 Å². The molecule has 3 fully saturated rings. The van der Waals surface area contributed by atoms with Gasteiger partial charge in [-0.05, 0) is 38.5 Å². The Kier molecular flexibility index (Phi) is 10.7. The predicted octanol–water partition coefficient (Wildman–Crippen LogP) is 8.61. The number of fused-ring (bicyclic) bond motifs is 3. The molecule has 0 radical (unpaired) electrons. The van der Waals surface area contributed by atoms with E-state index in [0.29, 0.717) is 0 Å². The molecule has 9 rings (SSSR count). The van der Waals surface area contributed by atoms with E-state index in [9.17, 15) is 53.9 Å². The van der Waals surface area contributed by atoms with Gasteiger partial charge in [0.15, 0.2) is 36.0 Å². The summed E-state index contributed by atoms with van der Waals surface area (Å²) in [4.78, 5) is 46.9. The van der Waals surface area contributed by atoms with E-state index >= 15 is 0 Å². The van der Waals surface area contributed by atoms with E-state index in [2.05, 4.69) is 30.2 Å². The fourth-order valence-corrected chi connectivity index (χ4v) is 7.20. The Labute approximate surface area is 320 Å². The lowest BCUT2D eigenvalue weighted by Crippen LogP contribution is -2.29. The average Bonchev–Trinajstić information content (AvgIpc) is 4.14. The highest BCUT2D eigenvalue weighted by atomic mass is 19.3. The van der Waals surface area contributed by atoms with Crippen LogP contribution in [0.1, 0.15) is 184 Å². The van der Waals surface area contributed by atoms with Crippen molar-refractivity contribution in [2.45, 2.75) is 152 Å². The zero-order valence-electron chi connectivity index (χ0n) is 31.3. The number of carbonyl (C=O) groups excluding carboxylic acids is 3. The molecule has 0 bridgehead atoms. The number of carbonyl (C=O) groups is 3. The van der Waals surface area contributed by atoms with Crippen molar-refractivity contribution in [1.82, 2.24) is 44.3 Å². The molecule has 57 heavy (non-hydrogen) atoms. The molecule has 0 saturated heterocycles. The van der Waals surface area contributed by atoms with Crippen molar-refractivity contribution < 1.29 is 53.9 Å². The third-order valence-electron chi connectivity index (χ3n) is 11.4. The Balaban J connectivity index is 0.000000131. The number of nitrogens with zero attached hydrogens (tertiary/aromatic N) is 9. The quantitative estimate of drug-likeness (QED) is 0.130. The Morgan fingerprint density at radius 1 is 0.491 bits per heavy atom. The van der Waals surface area contributed by atoms with Crippen LogP contribution in [0.25, 0.3) is 0 Å². The first kappa shape index (κ1) is 41.0. The summed E-state index contributed by atoms with van der Waals surface area (Å²) in [6, 6.07) is -4.01. The van der Waals surface area contributed by atoms with Gasteiger partial charge >= 0.3 is 0 Å². The fourth-order valence-electron chi connectivity index (χ4n) is 7.20. The van der Waals surface area contributed by atoms with E-state index in [1.54, 1.807) is 0 Å². The number of ketones is 3. The summed E-state index contributed by atoms with van der Waals surface area (Å²) in [6.07, 6.45) is -2.23. The van der Waals surface area contributed by atoms with Crippen LogP contribution >= 0.6 is 0 Å². The van der Waals surface area contributed by atoms with E-state index in [1.807, 2.05) is 0 Å². The lowest BCUT2D eigenvalue weighted by atomic mass is 10.1. The van der Waals surface area contributed by atoms with Gasteiger partial charge in [-0.2, -0.15) is 0 Å². The van der Waals surface area contributed by atoms with Crippen LogP contribution in [-0.2, 0) is 0 Å². The number of aromatic nitrogens is 9. The first-order chi connectivity index (χ1) is 26.8. The van der Waals surface area contributed by atoms with Crippen LogP contribution < -0.4 is 0 Å². The van der Waals surface area contributed by atoms with Crippen LogP contribution in [0.2, 0.25) is 0 Å². The minimum Gasteiger partial charge on any atom is -0.290 e. The number of hydrogen-bond donors (Lipinski definition) is 0. The van der Waals surface area contributed by atoms with Crippen molar-refractivity contribution in [2.75, 3.05) is 0 Å². The second kappa shape index (κ2) is 14.9. The molecule has 3 aliphatic carbocycles. The van der Waals surface area contributed by atoms with Gasteiger partial charge < -0.3 is 0 Å². The molecule has 0 spiro atoms. The van der Waals surface area contributed by atoms with E-state index < -0.39 is 73.7 Å². The second-order valence-electron chi connectivity index (χ2n) is 15.6. The average molecular weight is 820 g/mol. The van der Waals surface area contributed by atoms with Crippen molar-refractivity contribution in [1.29, 1.82) is 0 Å². The van der Waals surface area contributed by atoms with Crippen LogP contribution in [0, 0.1) is 17.8 Å². The third-order valence-corrected chi connectivity index (χ3v) is 11.4. The third kappa shape index (κ3) is 7.87. The van der Waals surface area contributed by atoms with Crippen LogP contribution in [0.5, 0.6) is 0 Å². The molecule has 3 aromatic rings. The number of rotatable bonds is 12. The van der Waals surface area contributed by atoms with Gasteiger partial charge in [0.1, 0.15) is 18.1 Å². The van der Waals surface area contributed by atoms with Crippen molar-refractivity contribution >= 4 is 17.3 Å². The van der Waals surface area contributed by atoms with Gasteiger partial charge in [0.2, 0.25) is 34.8 Å². The monoisotopic (exact) mass is 819 g/mol. The smallest absolute Gasteiger partial charge is 0.270 e. The molecule has 3 aliphatic heterocycles. The molecule has 6 aliphatic rings. The Morgan fingerprint density at radius 2 is 0.719 bits per heavy atom. The van der Waals surface area contributed by atoms with E-state index in [1.165, 1.54) is 20.8 Å². The molecule has 0 aromatic carbocycles. The highest BCUT2D eigenvalue weighted by Gasteiger charge is 2.51. The van der Waals surface area contributed by atoms with E-state index in [0.717, 1.165) is 52.6 Å². The lowest BCUT2D eigenvalue weighted by molar-refractivity contribution is -0.0588. The maximum atomic E-state index is 13.8. The summed E-state index contributed by atoms with van der Waals surface area (Å²) in [6.45, 7) is 4.04. The molecule has 0 amide bonds. The SMILES string of the molecule is CCC(F)(F)[C@@H]1C[C@H](F)c2nc(C(=O)C3CC3)nn21.CCC(F)(F)[C@@H]1C[C@H](F)c2nc(C(=O)C3CC3)nn21.CCC(F)(F)[C@H]1C[C@@H](F)c2nc(C(=O)C3CC3)nn21. The molecule has 3 aromatic heterocycles. The summed E-state index contributed by atoms with van der Waals surface area (Å²) < 4.78 is 127. The highest BCUT2D eigenvalue weighted by Crippen LogP contribution is 2.48. The molecule has 312 valence electrons. The van der Waals surface area contributed by atoms with Crippen molar-refractivity contribution in [2.24, 2.45) is 17.8 Å². The molecular formula is C36H42F9N9O3. The normalized spacial score (nSPS) is 26.5. The van der Waals surface area contributed by atoms with Crippen molar-refractivity contribution in [3.8, 4) is 0 Å². The van der Waals surface area contributed by atoms with Crippen LogP contribution in [-0.4, -0.2) is 79.4 Å². The topological polar surface area (TPSA) is 143 Å². The Hall–Kier alpha value is -4.20. The van der Waals surface area contributed by atoms with Crippen LogP contribution in [0.4, 0.5) is 39.5 Å². The van der Waals surface area contributed by atoms with Crippen molar-refractivity contribution in [3.05, 3.63) is 34.9 Å². The lowest BCUT2D eigenvalue weighted by Gasteiger charge is -2.21. The Bertz CT molecular complexity index is 1800.